The second-order valence-electron chi connectivity index (χ2n) is 7.17. The molecular formula is C23H28N2O3. The predicted molar refractivity (Wildman–Crippen MR) is 111 cm³/mol. The summed E-state index contributed by atoms with van der Waals surface area (Å²) in [6.45, 7) is 1.90. The Bertz CT molecular complexity index is 785. The van der Waals surface area contributed by atoms with Crippen molar-refractivity contribution in [3.05, 3.63) is 60.2 Å². The highest BCUT2D eigenvalue weighted by atomic mass is 16.5. The summed E-state index contributed by atoms with van der Waals surface area (Å²) in [7, 11) is 0. The van der Waals surface area contributed by atoms with E-state index >= 15 is 0 Å². The standard InChI is InChI=1S/C23H28N2O3/c1-2-21(28-18-13-7-4-8-14-18)23(27)25-20-16-10-9-15-19(20)22(26)24-17-11-5-3-6-12-17/h4,7-10,13-17,21H,2-3,5-6,11-12H2,1H3,(H,24,26)(H,25,27)/t21-/m0/s1. The molecule has 0 saturated heterocycles. The fraction of sp³-hybridized carbons (Fsp3) is 0.391. The van der Waals surface area contributed by atoms with Crippen LogP contribution in [0.1, 0.15) is 55.8 Å². The van der Waals surface area contributed by atoms with Gasteiger partial charge in [-0.05, 0) is 43.5 Å². The first-order valence-corrected chi connectivity index (χ1v) is 10.1. The molecule has 2 N–H and O–H groups in total. The summed E-state index contributed by atoms with van der Waals surface area (Å²) in [4.78, 5) is 25.5. The molecule has 5 heteroatoms. The predicted octanol–water partition coefficient (Wildman–Crippen LogP) is 4.55. The summed E-state index contributed by atoms with van der Waals surface area (Å²) in [6.07, 6.45) is 5.47. The lowest BCUT2D eigenvalue weighted by Crippen LogP contribution is -2.37. The van der Waals surface area contributed by atoms with E-state index in [-0.39, 0.29) is 17.9 Å². The van der Waals surface area contributed by atoms with Crippen LogP contribution in [0, 0.1) is 0 Å². The molecule has 148 valence electrons. The summed E-state index contributed by atoms with van der Waals surface area (Å²) >= 11 is 0. The maximum Gasteiger partial charge on any atom is 0.265 e. The topological polar surface area (TPSA) is 67.4 Å². The fourth-order valence-electron chi connectivity index (χ4n) is 3.50. The third-order valence-electron chi connectivity index (χ3n) is 5.05. The van der Waals surface area contributed by atoms with Gasteiger partial charge in [-0.1, -0.05) is 56.5 Å². The van der Waals surface area contributed by atoms with Gasteiger partial charge in [0.25, 0.3) is 11.8 Å². The van der Waals surface area contributed by atoms with Crippen molar-refractivity contribution >= 4 is 17.5 Å². The average Bonchev–Trinajstić information content (AvgIpc) is 2.73. The van der Waals surface area contributed by atoms with E-state index in [1.165, 1.54) is 6.42 Å². The molecule has 3 rings (SSSR count). The molecule has 5 nitrogen and oxygen atoms in total. The van der Waals surface area contributed by atoms with Gasteiger partial charge in [0.2, 0.25) is 0 Å². The molecule has 1 saturated carbocycles. The van der Waals surface area contributed by atoms with Crippen LogP contribution in [0.4, 0.5) is 5.69 Å². The van der Waals surface area contributed by atoms with E-state index < -0.39 is 6.10 Å². The van der Waals surface area contributed by atoms with Crippen LogP contribution < -0.4 is 15.4 Å². The van der Waals surface area contributed by atoms with Crippen LogP contribution in [0.2, 0.25) is 0 Å². The van der Waals surface area contributed by atoms with Crippen molar-refractivity contribution in [1.29, 1.82) is 0 Å². The molecule has 1 aliphatic carbocycles. The minimum Gasteiger partial charge on any atom is -0.481 e. The largest absolute Gasteiger partial charge is 0.481 e. The lowest BCUT2D eigenvalue weighted by Gasteiger charge is -2.23. The Hall–Kier alpha value is -2.82. The van der Waals surface area contributed by atoms with Crippen molar-refractivity contribution in [2.24, 2.45) is 0 Å². The Kier molecular flexibility index (Phi) is 7.06. The zero-order valence-electron chi connectivity index (χ0n) is 16.3. The number of carbonyl (C=O) groups excluding carboxylic acids is 2. The molecule has 1 fully saturated rings. The smallest absolute Gasteiger partial charge is 0.265 e. The number of anilines is 1. The molecule has 0 heterocycles. The number of rotatable bonds is 7. The number of para-hydroxylation sites is 2. The first-order chi connectivity index (χ1) is 13.7. The lowest BCUT2D eigenvalue weighted by atomic mass is 9.95. The average molecular weight is 380 g/mol. The Morgan fingerprint density at radius 3 is 2.39 bits per heavy atom. The van der Waals surface area contributed by atoms with Gasteiger partial charge in [-0.15, -0.1) is 0 Å². The van der Waals surface area contributed by atoms with E-state index in [4.69, 9.17) is 4.74 Å². The molecule has 0 bridgehead atoms. The van der Waals surface area contributed by atoms with Gasteiger partial charge in [0.1, 0.15) is 5.75 Å². The minimum absolute atomic E-state index is 0.139. The Morgan fingerprint density at radius 2 is 1.68 bits per heavy atom. The maximum atomic E-state index is 12.8. The second-order valence-corrected chi connectivity index (χ2v) is 7.17. The molecular weight excluding hydrogens is 352 g/mol. The van der Waals surface area contributed by atoms with Gasteiger partial charge in [0.15, 0.2) is 6.10 Å². The van der Waals surface area contributed by atoms with Gasteiger partial charge in [-0.25, -0.2) is 0 Å². The molecule has 0 radical (unpaired) electrons. The maximum absolute atomic E-state index is 12.8. The summed E-state index contributed by atoms with van der Waals surface area (Å²) in [6, 6.07) is 16.6. The quantitative estimate of drug-likeness (QED) is 0.741. The minimum atomic E-state index is -0.628. The molecule has 28 heavy (non-hydrogen) atoms. The highest BCUT2D eigenvalue weighted by Crippen LogP contribution is 2.21. The van der Waals surface area contributed by atoms with E-state index in [1.807, 2.05) is 49.4 Å². The zero-order chi connectivity index (χ0) is 19.8. The van der Waals surface area contributed by atoms with Gasteiger partial charge < -0.3 is 15.4 Å². The van der Waals surface area contributed by atoms with E-state index in [9.17, 15) is 9.59 Å². The van der Waals surface area contributed by atoms with Crippen molar-refractivity contribution in [3.8, 4) is 5.75 Å². The van der Waals surface area contributed by atoms with E-state index in [0.29, 0.717) is 23.4 Å². The molecule has 1 aliphatic rings. The van der Waals surface area contributed by atoms with Crippen LogP contribution in [0.25, 0.3) is 0 Å². The van der Waals surface area contributed by atoms with Crippen LogP contribution >= 0.6 is 0 Å². The van der Waals surface area contributed by atoms with Gasteiger partial charge in [0, 0.05) is 6.04 Å². The summed E-state index contributed by atoms with van der Waals surface area (Å²) in [5.74, 6) is 0.247. The lowest BCUT2D eigenvalue weighted by molar-refractivity contribution is -0.122. The normalized spacial score (nSPS) is 15.5. The first-order valence-electron chi connectivity index (χ1n) is 10.1. The van der Waals surface area contributed by atoms with Gasteiger partial charge >= 0.3 is 0 Å². The molecule has 0 aromatic heterocycles. The zero-order valence-corrected chi connectivity index (χ0v) is 16.3. The highest BCUT2D eigenvalue weighted by Gasteiger charge is 2.22. The van der Waals surface area contributed by atoms with Crippen molar-refractivity contribution in [1.82, 2.24) is 5.32 Å². The van der Waals surface area contributed by atoms with Crippen molar-refractivity contribution < 1.29 is 14.3 Å². The molecule has 0 spiro atoms. The molecule has 0 aliphatic heterocycles. The SMILES string of the molecule is CC[C@H](Oc1ccccc1)C(=O)Nc1ccccc1C(=O)NC1CCCCC1. The number of nitrogens with one attached hydrogen (secondary N) is 2. The van der Waals surface area contributed by atoms with E-state index in [1.54, 1.807) is 12.1 Å². The number of carbonyl (C=O) groups is 2. The van der Waals surface area contributed by atoms with Gasteiger partial charge in [-0.2, -0.15) is 0 Å². The van der Waals surface area contributed by atoms with Crippen LogP contribution in [0.3, 0.4) is 0 Å². The summed E-state index contributed by atoms with van der Waals surface area (Å²) < 4.78 is 5.81. The Morgan fingerprint density at radius 1 is 1.00 bits per heavy atom. The first kappa shape index (κ1) is 19.9. The highest BCUT2D eigenvalue weighted by molar-refractivity contribution is 6.04. The van der Waals surface area contributed by atoms with Crippen molar-refractivity contribution in [2.45, 2.75) is 57.6 Å². The Balaban J connectivity index is 1.67. The third-order valence-corrected chi connectivity index (χ3v) is 5.05. The molecule has 2 amide bonds. The number of hydrogen-bond donors (Lipinski definition) is 2. The summed E-state index contributed by atoms with van der Waals surface area (Å²) in [5.41, 5.74) is 0.993. The molecule has 1 atom stereocenters. The van der Waals surface area contributed by atoms with E-state index in [0.717, 1.165) is 25.7 Å². The molecule has 2 aromatic rings. The van der Waals surface area contributed by atoms with Crippen LogP contribution in [0.5, 0.6) is 5.75 Å². The number of hydrogen-bond acceptors (Lipinski definition) is 3. The van der Waals surface area contributed by atoms with Crippen molar-refractivity contribution in [2.75, 3.05) is 5.32 Å². The van der Waals surface area contributed by atoms with Crippen LogP contribution in [0.15, 0.2) is 54.6 Å². The Labute approximate surface area is 166 Å². The second kappa shape index (κ2) is 9.93. The third kappa shape index (κ3) is 5.35. The molecule has 2 aromatic carbocycles. The number of amides is 2. The van der Waals surface area contributed by atoms with Crippen molar-refractivity contribution in [3.63, 3.8) is 0 Å². The number of benzene rings is 2. The van der Waals surface area contributed by atoms with Crippen LogP contribution in [-0.2, 0) is 4.79 Å². The van der Waals surface area contributed by atoms with Gasteiger partial charge in [0.05, 0.1) is 11.3 Å². The van der Waals surface area contributed by atoms with Crippen LogP contribution in [-0.4, -0.2) is 24.0 Å². The molecule has 0 unspecified atom stereocenters. The van der Waals surface area contributed by atoms with Gasteiger partial charge in [-0.3, -0.25) is 9.59 Å². The monoisotopic (exact) mass is 380 g/mol. The fourth-order valence-corrected chi connectivity index (χ4v) is 3.50. The number of ether oxygens (including phenoxy) is 1. The summed E-state index contributed by atoms with van der Waals surface area (Å²) in [5, 5.41) is 5.99. The van der Waals surface area contributed by atoms with E-state index in [2.05, 4.69) is 10.6 Å².